The van der Waals surface area contributed by atoms with Gasteiger partial charge in [-0.1, -0.05) is 6.92 Å². The smallest absolute Gasteiger partial charge is 0.250 e. The second-order valence-corrected chi connectivity index (χ2v) is 8.85. The molecule has 21 heavy (non-hydrogen) atoms. The molecule has 1 unspecified atom stereocenters. The molecule has 0 amide bonds. The molecule has 0 aromatic carbocycles. The summed E-state index contributed by atoms with van der Waals surface area (Å²) in [6.07, 6.45) is 1.06. The first-order chi connectivity index (χ1) is 9.92. The molecule has 120 valence electrons. The molecule has 0 radical (unpaired) electrons. The van der Waals surface area contributed by atoms with Crippen LogP contribution >= 0.6 is 11.3 Å². The highest BCUT2D eigenvalue weighted by Crippen LogP contribution is 2.26. The van der Waals surface area contributed by atoms with Crippen molar-refractivity contribution >= 4 is 21.4 Å². The van der Waals surface area contributed by atoms with Gasteiger partial charge in [0, 0.05) is 24.5 Å². The van der Waals surface area contributed by atoms with Crippen molar-refractivity contribution in [1.82, 2.24) is 14.9 Å². The van der Waals surface area contributed by atoms with Gasteiger partial charge < -0.3 is 10.2 Å². The number of aryl methyl sites for hydroxylation is 1. The van der Waals surface area contributed by atoms with Crippen molar-refractivity contribution in [1.29, 1.82) is 0 Å². The first-order valence-electron chi connectivity index (χ1n) is 7.40. The monoisotopic (exact) mass is 331 g/mol. The average molecular weight is 332 g/mol. The molecule has 1 saturated heterocycles. The Morgan fingerprint density at radius 2 is 2.24 bits per heavy atom. The van der Waals surface area contributed by atoms with Crippen LogP contribution in [0.3, 0.4) is 0 Å². The second-order valence-electron chi connectivity index (χ2n) is 5.72. The van der Waals surface area contributed by atoms with Crippen molar-refractivity contribution in [3.05, 3.63) is 16.5 Å². The van der Waals surface area contributed by atoms with Gasteiger partial charge in [0.05, 0.1) is 0 Å². The van der Waals surface area contributed by atoms with Crippen LogP contribution in [0.15, 0.2) is 10.3 Å². The van der Waals surface area contributed by atoms with Crippen LogP contribution in [0.5, 0.6) is 0 Å². The maximum Gasteiger partial charge on any atom is 0.250 e. The van der Waals surface area contributed by atoms with E-state index in [-0.39, 0.29) is 0 Å². The van der Waals surface area contributed by atoms with Crippen molar-refractivity contribution in [3.63, 3.8) is 0 Å². The minimum atomic E-state index is -3.37. The Labute approximate surface area is 131 Å². The van der Waals surface area contributed by atoms with E-state index in [0.29, 0.717) is 16.7 Å². The minimum Gasteiger partial charge on any atom is -0.312 e. The molecule has 0 saturated carbocycles. The molecule has 2 rings (SSSR count). The molecule has 1 fully saturated rings. The van der Waals surface area contributed by atoms with Crippen LogP contribution in [0.25, 0.3) is 0 Å². The molecular formula is C14H25N3O2S2. The quantitative estimate of drug-likeness (QED) is 0.793. The molecule has 1 atom stereocenters. The predicted octanol–water partition coefficient (Wildman–Crippen LogP) is 1.40. The fourth-order valence-corrected chi connectivity index (χ4v) is 5.25. The van der Waals surface area contributed by atoms with Gasteiger partial charge in [-0.25, -0.2) is 13.1 Å². The molecule has 1 aromatic rings. The van der Waals surface area contributed by atoms with E-state index in [2.05, 4.69) is 22.0 Å². The van der Waals surface area contributed by atoms with Gasteiger partial charge in [0.25, 0.3) is 0 Å². The molecule has 1 aliphatic rings. The van der Waals surface area contributed by atoms with Crippen LogP contribution < -0.4 is 10.0 Å². The van der Waals surface area contributed by atoms with Crippen LogP contribution in [0.4, 0.5) is 0 Å². The van der Waals surface area contributed by atoms with Crippen molar-refractivity contribution < 1.29 is 8.42 Å². The van der Waals surface area contributed by atoms with Crippen LogP contribution in [-0.4, -0.2) is 46.5 Å². The lowest BCUT2D eigenvalue weighted by atomic mass is 10.1. The topological polar surface area (TPSA) is 61.4 Å². The average Bonchev–Trinajstić information content (AvgIpc) is 3.01. The van der Waals surface area contributed by atoms with Crippen LogP contribution in [0.2, 0.25) is 0 Å². The van der Waals surface area contributed by atoms with Gasteiger partial charge in [-0.2, -0.15) is 0 Å². The Kier molecular flexibility index (Phi) is 5.79. The van der Waals surface area contributed by atoms with E-state index in [1.54, 1.807) is 6.07 Å². The summed E-state index contributed by atoms with van der Waals surface area (Å²) in [4.78, 5) is 3.33. The molecule has 7 heteroatoms. The van der Waals surface area contributed by atoms with Gasteiger partial charge in [0.1, 0.15) is 4.21 Å². The lowest BCUT2D eigenvalue weighted by Gasteiger charge is -2.11. The third kappa shape index (κ3) is 4.50. The van der Waals surface area contributed by atoms with E-state index in [0.717, 1.165) is 43.0 Å². The Bertz CT molecular complexity index is 569. The highest BCUT2D eigenvalue weighted by molar-refractivity contribution is 7.91. The number of sulfonamides is 1. The molecule has 0 spiro atoms. The summed E-state index contributed by atoms with van der Waals surface area (Å²) in [5.41, 5.74) is 1.04. The number of hydrogen-bond donors (Lipinski definition) is 2. The lowest BCUT2D eigenvalue weighted by molar-refractivity contribution is 0.394. The third-order valence-corrected chi connectivity index (χ3v) is 6.98. The number of rotatable bonds is 7. The third-order valence-electron chi connectivity index (χ3n) is 3.85. The number of likely N-dealkylation sites (tertiary alicyclic amines) is 1. The zero-order valence-corrected chi connectivity index (χ0v) is 14.6. The predicted molar refractivity (Wildman–Crippen MR) is 87.2 cm³/mol. The first-order valence-corrected chi connectivity index (χ1v) is 9.70. The Balaban J connectivity index is 1.98. The summed E-state index contributed by atoms with van der Waals surface area (Å²) in [6.45, 7) is 8.18. The molecule has 5 nitrogen and oxygen atoms in total. The van der Waals surface area contributed by atoms with Gasteiger partial charge in [0.15, 0.2) is 0 Å². The Hall–Kier alpha value is -0.470. The molecule has 2 heterocycles. The van der Waals surface area contributed by atoms with Crippen molar-refractivity contribution in [2.75, 3.05) is 33.2 Å². The Morgan fingerprint density at radius 3 is 2.86 bits per heavy atom. The molecule has 0 bridgehead atoms. The molecule has 0 aliphatic carbocycles. The summed E-state index contributed by atoms with van der Waals surface area (Å²) >= 11 is 1.37. The number of hydrogen-bond acceptors (Lipinski definition) is 5. The van der Waals surface area contributed by atoms with Gasteiger partial charge in [-0.15, -0.1) is 11.3 Å². The highest BCUT2D eigenvalue weighted by atomic mass is 32.2. The lowest BCUT2D eigenvalue weighted by Crippen LogP contribution is -2.30. The van der Waals surface area contributed by atoms with E-state index in [9.17, 15) is 8.42 Å². The maximum absolute atomic E-state index is 12.4. The summed E-state index contributed by atoms with van der Waals surface area (Å²) < 4.78 is 27.9. The highest BCUT2D eigenvalue weighted by Gasteiger charge is 2.23. The van der Waals surface area contributed by atoms with E-state index in [4.69, 9.17) is 0 Å². The van der Waals surface area contributed by atoms with E-state index in [1.165, 1.54) is 11.3 Å². The summed E-state index contributed by atoms with van der Waals surface area (Å²) in [6, 6.07) is 1.78. The van der Waals surface area contributed by atoms with E-state index in [1.807, 2.05) is 13.8 Å². The van der Waals surface area contributed by atoms with Crippen LogP contribution in [-0.2, 0) is 16.6 Å². The SMILES string of the molecule is CCNCc1sc(S(=O)(=O)NCC2CCN(C)C2)cc1C. The number of nitrogens with zero attached hydrogens (tertiary/aromatic N) is 1. The molecule has 1 aliphatic heterocycles. The van der Waals surface area contributed by atoms with Gasteiger partial charge >= 0.3 is 0 Å². The van der Waals surface area contributed by atoms with Gasteiger partial charge in [-0.05, 0) is 51.0 Å². The summed E-state index contributed by atoms with van der Waals surface area (Å²) in [5, 5.41) is 3.24. The zero-order valence-electron chi connectivity index (χ0n) is 13.0. The van der Waals surface area contributed by atoms with E-state index >= 15 is 0 Å². The minimum absolute atomic E-state index is 0.423. The fourth-order valence-electron chi connectivity index (χ4n) is 2.53. The maximum atomic E-state index is 12.4. The number of thiophene rings is 1. The molecular weight excluding hydrogens is 306 g/mol. The standard InChI is InChI=1S/C14H25N3O2S2/c1-4-15-9-13-11(2)7-14(20-13)21(18,19)16-8-12-5-6-17(3)10-12/h7,12,15-16H,4-6,8-10H2,1-3H3. The van der Waals surface area contributed by atoms with E-state index < -0.39 is 10.0 Å². The number of nitrogens with one attached hydrogen (secondary N) is 2. The van der Waals surface area contributed by atoms with Crippen molar-refractivity contribution in [3.8, 4) is 0 Å². The zero-order chi connectivity index (χ0) is 15.5. The summed E-state index contributed by atoms with van der Waals surface area (Å²) in [5.74, 6) is 0.423. The van der Waals surface area contributed by atoms with Crippen molar-refractivity contribution in [2.24, 2.45) is 5.92 Å². The van der Waals surface area contributed by atoms with Gasteiger partial charge in [-0.3, -0.25) is 0 Å². The van der Waals surface area contributed by atoms with Gasteiger partial charge in [0.2, 0.25) is 10.0 Å². The largest absolute Gasteiger partial charge is 0.312 e. The van der Waals surface area contributed by atoms with Crippen LogP contribution in [0, 0.1) is 12.8 Å². The Morgan fingerprint density at radius 1 is 1.48 bits per heavy atom. The first kappa shape index (κ1) is 16.9. The van der Waals surface area contributed by atoms with Crippen LogP contribution in [0.1, 0.15) is 23.8 Å². The molecule has 1 aromatic heterocycles. The second kappa shape index (κ2) is 7.19. The summed E-state index contributed by atoms with van der Waals surface area (Å²) in [7, 11) is -1.30. The molecule has 2 N–H and O–H groups in total. The van der Waals surface area contributed by atoms with Crippen molar-refractivity contribution in [2.45, 2.75) is 31.0 Å². The normalized spacial score (nSPS) is 20.2. The fraction of sp³-hybridized carbons (Fsp3) is 0.714.